The number of benzene rings is 1. The number of hydrogen-bond donors (Lipinski definition) is 1. The molecule has 0 amide bonds. The largest absolute Gasteiger partial charge is 0.385 e. The Morgan fingerprint density at radius 1 is 1.33 bits per heavy atom. The fourth-order valence-corrected chi connectivity index (χ4v) is 2.19. The van der Waals surface area contributed by atoms with E-state index in [1.54, 1.807) is 0 Å². The van der Waals surface area contributed by atoms with Crippen molar-refractivity contribution in [2.75, 3.05) is 6.61 Å². The van der Waals surface area contributed by atoms with Gasteiger partial charge in [-0.1, -0.05) is 29.8 Å². The second kappa shape index (κ2) is 3.95. The molecule has 2 heteroatoms. The third-order valence-corrected chi connectivity index (χ3v) is 3.13. The first-order valence-corrected chi connectivity index (χ1v) is 5.51. The summed E-state index contributed by atoms with van der Waals surface area (Å²) in [6, 6.07) is 8.14. The van der Waals surface area contributed by atoms with Crippen LogP contribution >= 0.6 is 0 Å². The maximum Gasteiger partial charge on any atom is 0.0943 e. The molecule has 0 aliphatic carbocycles. The van der Waals surface area contributed by atoms with E-state index in [0.29, 0.717) is 19.4 Å². The van der Waals surface area contributed by atoms with Crippen molar-refractivity contribution >= 4 is 0 Å². The van der Waals surface area contributed by atoms with Crippen molar-refractivity contribution in [1.82, 2.24) is 0 Å². The van der Waals surface area contributed by atoms with Crippen molar-refractivity contribution in [3.05, 3.63) is 35.4 Å². The maximum atomic E-state index is 10.5. The molecule has 0 spiro atoms. The van der Waals surface area contributed by atoms with E-state index in [2.05, 4.69) is 6.92 Å². The van der Waals surface area contributed by atoms with Crippen molar-refractivity contribution < 1.29 is 9.84 Å². The first-order valence-electron chi connectivity index (χ1n) is 5.51. The lowest BCUT2D eigenvalue weighted by atomic mass is 9.84. The van der Waals surface area contributed by atoms with Crippen LogP contribution in [0, 0.1) is 6.92 Å². The van der Waals surface area contributed by atoms with Gasteiger partial charge >= 0.3 is 0 Å². The van der Waals surface area contributed by atoms with Gasteiger partial charge in [0.15, 0.2) is 0 Å². The van der Waals surface area contributed by atoms with E-state index in [1.165, 1.54) is 5.56 Å². The summed E-state index contributed by atoms with van der Waals surface area (Å²) in [6.45, 7) is 4.71. The molecule has 0 bridgehead atoms. The SMILES string of the molecule is Cc1ccc(C2(O)CCOC(C)C2)cc1. The molecule has 15 heavy (non-hydrogen) atoms. The summed E-state index contributed by atoms with van der Waals surface area (Å²) in [4.78, 5) is 0. The van der Waals surface area contributed by atoms with Gasteiger partial charge in [-0.05, 0) is 19.4 Å². The molecule has 2 nitrogen and oxygen atoms in total. The Hall–Kier alpha value is -0.860. The molecule has 1 aromatic rings. The lowest BCUT2D eigenvalue weighted by Crippen LogP contribution is -2.37. The Balaban J connectivity index is 2.24. The fourth-order valence-electron chi connectivity index (χ4n) is 2.19. The minimum atomic E-state index is -0.689. The second-order valence-corrected chi connectivity index (χ2v) is 4.53. The van der Waals surface area contributed by atoms with Gasteiger partial charge in [0.05, 0.1) is 18.3 Å². The first kappa shape index (κ1) is 10.7. The molecule has 1 aliphatic rings. The van der Waals surface area contributed by atoms with Gasteiger partial charge in [-0.25, -0.2) is 0 Å². The predicted octanol–water partition coefficient (Wildman–Crippen LogP) is 2.38. The Kier molecular flexibility index (Phi) is 2.81. The van der Waals surface area contributed by atoms with E-state index in [9.17, 15) is 5.11 Å². The van der Waals surface area contributed by atoms with Crippen LogP contribution in [-0.4, -0.2) is 17.8 Å². The maximum absolute atomic E-state index is 10.5. The molecule has 1 fully saturated rings. The van der Waals surface area contributed by atoms with Gasteiger partial charge in [0.2, 0.25) is 0 Å². The molecule has 0 radical (unpaired) electrons. The molecular weight excluding hydrogens is 188 g/mol. The van der Waals surface area contributed by atoms with Crippen LogP contribution in [0.4, 0.5) is 0 Å². The van der Waals surface area contributed by atoms with Crippen molar-refractivity contribution in [3.8, 4) is 0 Å². The molecule has 0 aromatic heterocycles. The van der Waals surface area contributed by atoms with Gasteiger partial charge in [-0.15, -0.1) is 0 Å². The quantitative estimate of drug-likeness (QED) is 0.764. The lowest BCUT2D eigenvalue weighted by Gasteiger charge is -2.36. The van der Waals surface area contributed by atoms with Gasteiger partial charge in [0.1, 0.15) is 0 Å². The predicted molar refractivity (Wildman–Crippen MR) is 59.7 cm³/mol. The summed E-state index contributed by atoms with van der Waals surface area (Å²) in [5.74, 6) is 0. The van der Waals surface area contributed by atoms with E-state index in [0.717, 1.165) is 5.56 Å². The van der Waals surface area contributed by atoms with Gasteiger partial charge in [0, 0.05) is 12.8 Å². The van der Waals surface area contributed by atoms with Crippen LogP contribution in [0.1, 0.15) is 30.9 Å². The van der Waals surface area contributed by atoms with Crippen LogP contribution in [0.2, 0.25) is 0 Å². The Bertz CT molecular complexity index is 331. The van der Waals surface area contributed by atoms with Gasteiger partial charge in [-0.3, -0.25) is 0 Å². The van der Waals surface area contributed by atoms with Crippen molar-refractivity contribution in [1.29, 1.82) is 0 Å². The zero-order chi connectivity index (χ0) is 10.9. The number of aliphatic hydroxyl groups is 1. The second-order valence-electron chi connectivity index (χ2n) is 4.53. The normalized spacial score (nSPS) is 31.5. The Labute approximate surface area is 90.9 Å². The van der Waals surface area contributed by atoms with Crippen LogP contribution in [-0.2, 0) is 10.3 Å². The third-order valence-electron chi connectivity index (χ3n) is 3.13. The minimum Gasteiger partial charge on any atom is -0.385 e. The standard InChI is InChI=1S/C13H18O2/c1-10-3-5-12(6-4-10)13(14)7-8-15-11(2)9-13/h3-6,11,14H,7-9H2,1-2H3. The highest BCUT2D eigenvalue weighted by molar-refractivity contribution is 5.27. The summed E-state index contributed by atoms with van der Waals surface area (Å²) in [6.07, 6.45) is 1.53. The highest BCUT2D eigenvalue weighted by Crippen LogP contribution is 2.34. The highest BCUT2D eigenvalue weighted by atomic mass is 16.5. The summed E-state index contributed by atoms with van der Waals surface area (Å²) in [7, 11) is 0. The third kappa shape index (κ3) is 2.21. The molecule has 2 rings (SSSR count). The van der Waals surface area contributed by atoms with Crippen LogP contribution in [0.15, 0.2) is 24.3 Å². The van der Waals surface area contributed by atoms with Crippen LogP contribution in [0.25, 0.3) is 0 Å². The Morgan fingerprint density at radius 2 is 2.00 bits per heavy atom. The topological polar surface area (TPSA) is 29.5 Å². The van der Waals surface area contributed by atoms with Crippen LogP contribution in [0.5, 0.6) is 0 Å². The van der Waals surface area contributed by atoms with E-state index in [1.807, 2.05) is 31.2 Å². The average molecular weight is 206 g/mol. The molecule has 1 N–H and O–H groups in total. The van der Waals surface area contributed by atoms with Crippen LogP contribution in [0.3, 0.4) is 0 Å². The number of aryl methyl sites for hydroxylation is 1. The number of rotatable bonds is 1. The Morgan fingerprint density at radius 3 is 2.60 bits per heavy atom. The monoisotopic (exact) mass is 206 g/mol. The van der Waals surface area contributed by atoms with E-state index in [-0.39, 0.29) is 6.10 Å². The van der Waals surface area contributed by atoms with Gasteiger partial charge < -0.3 is 9.84 Å². The fraction of sp³-hybridized carbons (Fsp3) is 0.538. The minimum absolute atomic E-state index is 0.144. The summed E-state index contributed by atoms with van der Waals surface area (Å²) in [5.41, 5.74) is 1.55. The van der Waals surface area contributed by atoms with Crippen LogP contribution < -0.4 is 0 Å². The van der Waals surface area contributed by atoms with E-state index < -0.39 is 5.60 Å². The van der Waals surface area contributed by atoms with Crippen molar-refractivity contribution in [3.63, 3.8) is 0 Å². The zero-order valence-corrected chi connectivity index (χ0v) is 9.36. The van der Waals surface area contributed by atoms with Gasteiger partial charge in [-0.2, -0.15) is 0 Å². The smallest absolute Gasteiger partial charge is 0.0943 e. The average Bonchev–Trinajstić information content (AvgIpc) is 2.18. The summed E-state index contributed by atoms with van der Waals surface area (Å²) in [5, 5.41) is 10.5. The lowest BCUT2D eigenvalue weighted by molar-refractivity contribution is -0.101. The van der Waals surface area contributed by atoms with E-state index in [4.69, 9.17) is 4.74 Å². The molecule has 1 aliphatic heterocycles. The molecular formula is C13H18O2. The van der Waals surface area contributed by atoms with E-state index >= 15 is 0 Å². The highest BCUT2D eigenvalue weighted by Gasteiger charge is 2.34. The van der Waals surface area contributed by atoms with Crippen molar-refractivity contribution in [2.45, 2.75) is 38.4 Å². The molecule has 2 atom stereocenters. The molecule has 0 saturated carbocycles. The molecule has 1 saturated heterocycles. The van der Waals surface area contributed by atoms with Gasteiger partial charge in [0.25, 0.3) is 0 Å². The first-order chi connectivity index (χ1) is 7.10. The molecule has 2 unspecified atom stereocenters. The zero-order valence-electron chi connectivity index (χ0n) is 9.36. The summed E-state index contributed by atoms with van der Waals surface area (Å²) >= 11 is 0. The molecule has 1 heterocycles. The number of ether oxygens (including phenoxy) is 1. The molecule has 1 aromatic carbocycles. The number of hydrogen-bond acceptors (Lipinski definition) is 2. The summed E-state index contributed by atoms with van der Waals surface area (Å²) < 4.78 is 5.46. The molecule has 82 valence electrons. The van der Waals surface area contributed by atoms with Crippen molar-refractivity contribution in [2.24, 2.45) is 0 Å².